The largest absolute Gasteiger partial charge is 0.497 e. The van der Waals surface area contributed by atoms with Gasteiger partial charge in [-0.3, -0.25) is 0 Å². The van der Waals surface area contributed by atoms with Gasteiger partial charge in [-0.2, -0.15) is 0 Å². The summed E-state index contributed by atoms with van der Waals surface area (Å²) in [5.74, 6) is 3.48. The van der Waals surface area contributed by atoms with Crippen molar-refractivity contribution >= 4 is 64.6 Å². The zero-order chi connectivity index (χ0) is 59.0. The SMILES string of the molecule is COc1cc(C)c(-c2cc3cc(C(C)(C)C)cc4cc(-c5c(C)cc(OC)cc5C)c5c6c(cc2c5c34)-c2cc3c(-c4c(C)cc(OC)cc4C)cc4cc(C(C)(C)C)cc5cc(-c7c(C)cc(OC)cc7C)c(c2C6(C)C)c3c45)c(C)c1. The van der Waals surface area contributed by atoms with Crippen LogP contribution in [0.2, 0.25) is 0 Å². The number of aryl methyl sites for hydroxylation is 8. The van der Waals surface area contributed by atoms with E-state index in [4.69, 9.17) is 18.9 Å². The summed E-state index contributed by atoms with van der Waals surface area (Å²) < 4.78 is 23.9. The fourth-order valence-corrected chi connectivity index (χ4v) is 15.6. The van der Waals surface area contributed by atoms with Gasteiger partial charge >= 0.3 is 0 Å². The van der Waals surface area contributed by atoms with Gasteiger partial charge in [0.1, 0.15) is 23.0 Å². The van der Waals surface area contributed by atoms with Gasteiger partial charge in [-0.15, -0.1) is 0 Å². The molecule has 0 amide bonds. The third-order valence-electron chi connectivity index (χ3n) is 19.2. The third-order valence-corrected chi connectivity index (χ3v) is 19.2. The van der Waals surface area contributed by atoms with Gasteiger partial charge in [0.15, 0.2) is 0 Å². The molecule has 0 fully saturated rings. The quantitative estimate of drug-likeness (QED) is 0.142. The van der Waals surface area contributed by atoms with Gasteiger partial charge in [0.05, 0.1) is 28.4 Å². The highest BCUT2D eigenvalue weighted by atomic mass is 16.5. The summed E-state index contributed by atoms with van der Waals surface area (Å²) in [6.45, 7) is 37.3. The Morgan fingerprint density at radius 3 is 0.759 bits per heavy atom. The highest BCUT2D eigenvalue weighted by Gasteiger charge is 2.43. The Morgan fingerprint density at radius 2 is 0.518 bits per heavy atom. The molecule has 0 saturated heterocycles. The van der Waals surface area contributed by atoms with Gasteiger partial charge in [-0.1, -0.05) is 79.7 Å². The van der Waals surface area contributed by atoms with E-state index in [1.165, 1.54) is 187 Å². The Balaban J connectivity index is 1.32. The molecule has 1 aliphatic rings. The van der Waals surface area contributed by atoms with Crippen molar-refractivity contribution in [1.82, 2.24) is 0 Å². The van der Waals surface area contributed by atoms with Crippen LogP contribution in [-0.4, -0.2) is 28.4 Å². The molecule has 0 atom stereocenters. The van der Waals surface area contributed by atoms with Crippen molar-refractivity contribution in [1.29, 1.82) is 0 Å². The number of hydrogen-bond acceptors (Lipinski definition) is 4. The first-order chi connectivity index (χ1) is 39.3. The zero-order valence-electron chi connectivity index (χ0n) is 52.5. The second kappa shape index (κ2) is 18.5. The van der Waals surface area contributed by atoms with Crippen LogP contribution in [0.3, 0.4) is 0 Å². The highest BCUT2D eigenvalue weighted by molar-refractivity contribution is 6.35. The first-order valence-electron chi connectivity index (χ1n) is 29.6. The summed E-state index contributed by atoms with van der Waals surface area (Å²) in [4.78, 5) is 0. The minimum absolute atomic E-state index is 0.0944. The molecule has 418 valence electrons. The predicted molar refractivity (Wildman–Crippen MR) is 355 cm³/mol. The summed E-state index contributed by atoms with van der Waals surface area (Å²) >= 11 is 0. The molecule has 0 N–H and O–H groups in total. The Labute approximate surface area is 491 Å². The molecule has 0 bridgehead atoms. The first-order valence-corrected chi connectivity index (χ1v) is 29.6. The molecular weight excluding hydrogens is 1010 g/mol. The molecule has 0 radical (unpaired) electrons. The summed E-state index contributed by atoms with van der Waals surface area (Å²) in [5, 5.41) is 15.5. The van der Waals surface area contributed by atoms with Crippen LogP contribution in [0.5, 0.6) is 23.0 Å². The molecule has 0 heterocycles. The van der Waals surface area contributed by atoms with Gasteiger partial charge in [-0.05, 0) is 338 Å². The predicted octanol–water partition coefficient (Wildman–Crippen LogP) is 21.6. The van der Waals surface area contributed by atoms with Crippen LogP contribution >= 0.6 is 0 Å². The van der Waals surface area contributed by atoms with E-state index in [1.54, 1.807) is 28.4 Å². The Morgan fingerprint density at radius 1 is 0.277 bits per heavy atom. The van der Waals surface area contributed by atoms with Crippen molar-refractivity contribution in [3.8, 4) is 78.6 Å². The van der Waals surface area contributed by atoms with E-state index in [1.807, 2.05) is 0 Å². The van der Waals surface area contributed by atoms with Crippen LogP contribution in [0.1, 0.15) is 122 Å². The molecule has 0 saturated carbocycles. The van der Waals surface area contributed by atoms with E-state index < -0.39 is 5.41 Å². The molecule has 0 aliphatic heterocycles. The maximum Gasteiger partial charge on any atom is 0.119 e. The second-order valence-electron chi connectivity index (χ2n) is 27.2. The lowest BCUT2D eigenvalue weighted by Crippen LogP contribution is -2.17. The molecule has 83 heavy (non-hydrogen) atoms. The normalized spacial score (nSPS) is 13.4. The van der Waals surface area contributed by atoms with Gasteiger partial charge in [0, 0.05) is 5.41 Å². The zero-order valence-corrected chi connectivity index (χ0v) is 52.5. The molecular formula is C79H78O4. The molecule has 0 spiro atoms. The van der Waals surface area contributed by atoms with E-state index in [2.05, 4.69) is 220 Å². The highest BCUT2D eigenvalue weighted by Crippen LogP contribution is 2.62. The third kappa shape index (κ3) is 7.91. The van der Waals surface area contributed by atoms with Crippen LogP contribution in [0.25, 0.3) is 120 Å². The van der Waals surface area contributed by atoms with Gasteiger partial charge < -0.3 is 18.9 Å². The number of ether oxygens (including phenoxy) is 4. The maximum atomic E-state index is 6.00. The number of methoxy groups -OCH3 is 4. The van der Waals surface area contributed by atoms with E-state index >= 15 is 0 Å². The lowest BCUT2D eigenvalue weighted by molar-refractivity contribution is 0.414. The molecule has 1 aliphatic carbocycles. The number of fused-ring (bicyclic) bond motifs is 5. The molecule has 12 aromatic rings. The van der Waals surface area contributed by atoms with E-state index in [-0.39, 0.29) is 10.8 Å². The van der Waals surface area contributed by atoms with Crippen molar-refractivity contribution in [3.63, 3.8) is 0 Å². The maximum absolute atomic E-state index is 6.00. The van der Waals surface area contributed by atoms with Crippen molar-refractivity contribution in [2.75, 3.05) is 28.4 Å². The number of rotatable bonds is 8. The van der Waals surface area contributed by atoms with Crippen molar-refractivity contribution in [3.05, 3.63) is 176 Å². The second-order valence-corrected chi connectivity index (χ2v) is 27.2. The van der Waals surface area contributed by atoms with Crippen molar-refractivity contribution in [2.24, 2.45) is 0 Å². The van der Waals surface area contributed by atoms with Crippen LogP contribution in [-0.2, 0) is 16.2 Å². The van der Waals surface area contributed by atoms with Crippen molar-refractivity contribution < 1.29 is 18.9 Å². The number of hydrogen-bond donors (Lipinski definition) is 0. The smallest absolute Gasteiger partial charge is 0.119 e. The molecule has 12 aromatic carbocycles. The Kier molecular flexibility index (Phi) is 12.1. The van der Waals surface area contributed by atoms with Gasteiger partial charge in [0.25, 0.3) is 0 Å². The summed E-state index contributed by atoms with van der Waals surface area (Å²) in [5.41, 5.74) is 26.7. The van der Waals surface area contributed by atoms with Crippen LogP contribution < -0.4 is 18.9 Å². The van der Waals surface area contributed by atoms with Gasteiger partial charge in [0.2, 0.25) is 0 Å². The summed E-state index contributed by atoms with van der Waals surface area (Å²) in [7, 11) is 7.11. The fourth-order valence-electron chi connectivity index (χ4n) is 15.6. The molecule has 4 nitrogen and oxygen atoms in total. The van der Waals surface area contributed by atoms with Gasteiger partial charge in [-0.25, -0.2) is 0 Å². The first kappa shape index (κ1) is 54.2. The van der Waals surface area contributed by atoms with Crippen LogP contribution in [0.4, 0.5) is 0 Å². The fraction of sp³-hybridized carbons (Fsp3) is 0.291. The number of benzene rings is 12. The monoisotopic (exact) mass is 1090 g/mol. The van der Waals surface area contributed by atoms with Crippen LogP contribution in [0, 0.1) is 55.4 Å². The van der Waals surface area contributed by atoms with E-state index in [0.29, 0.717) is 0 Å². The van der Waals surface area contributed by atoms with E-state index in [9.17, 15) is 0 Å². The lowest BCUT2D eigenvalue weighted by Gasteiger charge is -2.31. The lowest BCUT2D eigenvalue weighted by atomic mass is 9.72. The Hall–Kier alpha value is -8.08. The summed E-state index contributed by atoms with van der Waals surface area (Å²) in [6.07, 6.45) is 0. The standard InChI is InChI=1S/C79H78O4/c1-39-21-53(80-17)22-40(2)65(39)57-33-47-29-51(77(9,10)11)31-49-35-63(67-43(5)25-55(82-19)26-44(67)6)73-71(69(47)49)59(57)37-61-62-38-60-58(66-41(3)23-54(81-18)24-42(66)4)34-48-30-52(78(12,13)14)32-50-36-64(68-45(7)27-56(83-20)28-46(68)8)74(72(60)70(48)50)76(62)79(15,16)75(61)73/h21-38H,1-20H3. The van der Waals surface area contributed by atoms with E-state index in [0.717, 1.165) is 23.0 Å². The van der Waals surface area contributed by atoms with Crippen LogP contribution in [0.15, 0.2) is 109 Å². The molecule has 13 rings (SSSR count). The molecule has 4 heteroatoms. The minimum Gasteiger partial charge on any atom is -0.497 e. The Bertz CT molecular complexity index is 4350. The molecule has 0 aromatic heterocycles. The average molecular weight is 1090 g/mol. The molecule has 0 unspecified atom stereocenters. The minimum atomic E-state index is -0.521. The summed E-state index contributed by atoms with van der Waals surface area (Å²) in [6, 6.07) is 43.1. The topological polar surface area (TPSA) is 36.9 Å². The average Bonchev–Trinajstić information content (AvgIpc) is 3.78. The van der Waals surface area contributed by atoms with Crippen molar-refractivity contribution in [2.45, 2.75) is 127 Å².